The topological polar surface area (TPSA) is 37.4 Å². The van der Waals surface area contributed by atoms with Gasteiger partial charge < -0.3 is 0 Å². The number of sulfone groups is 1. The third-order valence-corrected chi connectivity index (χ3v) is 3.39. The lowest BCUT2D eigenvalue weighted by Gasteiger charge is -2.26. The van der Waals surface area contributed by atoms with Crippen LogP contribution in [0.1, 0.15) is 6.92 Å². The van der Waals surface area contributed by atoms with Crippen LogP contribution < -0.4 is 0 Å². The molecule has 1 heterocycles. The number of rotatable bonds is 1. The predicted octanol–water partition coefficient (Wildman–Crippen LogP) is -0.263. The van der Waals surface area contributed by atoms with Gasteiger partial charge in [0.25, 0.3) is 0 Å². The van der Waals surface area contributed by atoms with Crippen molar-refractivity contribution in [2.75, 3.05) is 19.8 Å². The standard InChI is InChI=1S/C8H13NO2S/c1-7-4-5-8(6-9(7)2)12(3,10)11/h7-8H,6H2,1-3H3/t7-,8?/m1/s1. The molecule has 1 aliphatic heterocycles. The summed E-state index contributed by atoms with van der Waals surface area (Å²) in [5.74, 6) is 5.64. The molecule has 1 aliphatic rings. The molecule has 0 saturated heterocycles. The summed E-state index contributed by atoms with van der Waals surface area (Å²) in [6.45, 7) is 2.48. The Balaban J connectivity index is 2.88. The summed E-state index contributed by atoms with van der Waals surface area (Å²) in [6.07, 6.45) is 1.23. The first kappa shape index (κ1) is 9.56. The van der Waals surface area contributed by atoms with E-state index >= 15 is 0 Å². The molecule has 0 bridgehead atoms. The van der Waals surface area contributed by atoms with Gasteiger partial charge >= 0.3 is 0 Å². The molecule has 0 aromatic carbocycles. The van der Waals surface area contributed by atoms with E-state index < -0.39 is 15.1 Å². The van der Waals surface area contributed by atoms with Gasteiger partial charge in [-0.1, -0.05) is 11.8 Å². The Kier molecular flexibility index (Phi) is 2.45. The van der Waals surface area contributed by atoms with E-state index in [-0.39, 0.29) is 6.04 Å². The van der Waals surface area contributed by atoms with Gasteiger partial charge in [0.05, 0.1) is 6.04 Å². The van der Waals surface area contributed by atoms with Crippen LogP contribution in [0.15, 0.2) is 0 Å². The molecule has 0 saturated carbocycles. The lowest BCUT2D eigenvalue weighted by molar-refractivity contribution is 0.305. The molecule has 0 aromatic rings. The highest BCUT2D eigenvalue weighted by atomic mass is 32.2. The molecular weight excluding hydrogens is 174 g/mol. The van der Waals surface area contributed by atoms with Gasteiger partial charge in [-0.25, -0.2) is 8.42 Å². The smallest absolute Gasteiger partial charge is 0.162 e. The van der Waals surface area contributed by atoms with E-state index in [0.29, 0.717) is 6.54 Å². The Hall–Kier alpha value is -0.530. The van der Waals surface area contributed by atoms with Crippen molar-refractivity contribution >= 4 is 9.84 Å². The fourth-order valence-corrected chi connectivity index (χ4v) is 1.82. The normalized spacial score (nSPS) is 30.9. The van der Waals surface area contributed by atoms with Crippen molar-refractivity contribution in [3.05, 3.63) is 0 Å². The van der Waals surface area contributed by atoms with Gasteiger partial charge in [-0.2, -0.15) is 0 Å². The average molecular weight is 187 g/mol. The molecule has 3 nitrogen and oxygen atoms in total. The number of nitrogens with zero attached hydrogens (tertiary/aromatic N) is 1. The highest BCUT2D eigenvalue weighted by Gasteiger charge is 2.24. The lowest BCUT2D eigenvalue weighted by Crippen LogP contribution is -2.41. The maximum atomic E-state index is 11.1. The van der Waals surface area contributed by atoms with Crippen LogP contribution in [0, 0.1) is 11.8 Å². The second-order valence-corrected chi connectivity index (χ2v) is 5.45. The first-order valence-corrected chi connectivity index (χ1v) is 5.77. The van der Waals surface area contributed by atoms with Crippen LogP contribution in [0.25, 0.3) is 0 Å². The van der Waals surface area contributed by atoms with Gasteiger partial charge in [0.1, 0.15) is 5.25 Å². The maximum absolute atomic E-state index is 11.1. The molecule has 4 heteroatoms. The largest absolute Gasteiger partial charge is 0.291 e. The molecule has 0 radical (unpaired) electrons. The van der Waals surface area contributed by atoms with Gasteiger partial charge in [-0.05, 0) is 14.0 Å². The summed E-state index contributed by atoms with van der Waals surface area (Å²) < 4.78 is 22.2. The zero-order valence-electron chi connectivity index (χ0n) is 7.53. The Labute approximate surface area is 73.7 Å². The first-order valence-electron chi connectivity index (χ1n) is 3.81. The minimum atomic E-state index is -3.00. The molecule has 68 valence electrons. The van der Waals surface area contributed by atoms with Crippen LogP contribution in [0.3, 0.4) is 0 Å². The summed E-state index contributed by atoms with van der Waals surface area (Å²) in [5, 5.41) is -0.501. The third-order valence-electron chi connectivity index (χ3n) is 2.08. The average Bonchev–Trinajstić information content (AvgIpc) is 1.92. The molecule has 0 aromatic heterocycles. The third kappa shape index (κ3) is 1.99. The van der Waals surface area contributed by atoms with E-state index in [1.807, 2.05) is 18.9 Å². The van der Waals surface area contributed by atoms with Crippen molar-refractivity contribution in [1.29, 1.82) is 0 Å². The van der Waals surface area contributed by atoms with E-state index in [1.54, 1.807) is 0 Å². The summed E-state index contributed by atoms with van der Waals surface area (Å²) in [7, 11) is -1.11. The molecule has 1 unspecified atom stereocenters. The summed E-state index contributed by atoms with van der Waals surface area (Å²) in [5.41, 5.74) is 0. The molecule has 0 fully saturated rings. The van der Waals surface area contributed by atoms with Crippen molar-refractivity contribution in [3.63, 3.8) is 0 Å². The monoisotopic (exact) mass is 187 g/mol. The number of hydrogen-bond donors (Lipinski definition) is 0. The number of hydrogen-bond acceptors (Lipinski definition) is 3. The fourth-order valence-electron chi connectivity index (χ4n) is 1.03. The molecule has 0 amide bonds. The molecule has 0 spiro atoms. The van der Waals surface area contributed by atoms with Gasteiger partial charge in [0.2, 0.25) is 0 Å². The van der Waals surface area contributed by atoms with E-state index in [0.717, 1.165) is 0 Å². The zero-order valence-corrected chi connectivity index (χ0v) is 8.35. The highest BCUT2D eigenvalue weighted by Crippen LogP contribution is 2.07. The fraction of sp³-hybridized carbons (Fsp3) is 0.750. The molecule has 1 rings (SSSR count). The van der Waals surface area contributed by atoms with E-state index in [2.05, 4.69) is 11.8 Å². The molecular formula is C8H13NO2S. The van der Waals surface area contributed by atoms with Crippen molar-refractivity contribution in [1.82, 2.24) is 4.90 Å². The van der Waals surface area contributed by atoms with Crippen LogP contribution in [-0.2, 0) is 9.84 Å². The van der Waals surface area contributed by atoms with E-state index in [1.165, 1.54) is 6.26 Å². The molecule has 12 heavy (non-hydrogen) atoms. The zero-order chi connectivity index (χ0) is 9.35. The maximum Gasteiger partial charge on any atom is 0.162 e. The van der Waals surface area contributed by atoms with E-state index in [4.69, 9.17) is 0 Å². The first-order chi connectivity index (χ1) is 5.41. The lowest BCUT2D eigenvalue weighted by atomic mass is 10.2. The summed E-state index contributed by atoms with van der Waals surface area (Å²) in [4.78, 5) is 1.95. The Morgan fingerprint density at radius 1 is 1.42 bits per heavy atom. The van der Waals surface area contributed by atoms with Gasteiger partial charge in [-0.3, -0.25) is 4.90 Å². The minimum absolute atomic E-state index is 0.169. The van der Waals surface area contributed by atoms with Crippen molar-refractivity contribution in [2.45, 2.75) is 18.2 Å². The van der Waals surface area contributed by atoms with Gasteiger partial charge in [0.15, 0.2) is 9.84 Å². The van der Waals surface area contributed by atoms with Crippen LogP contribution in [0.2, 0.25) is 0 Å². The molecule has 2 atom stereocenters. The van der Waals surface area contributed by atoms with Crippen molar-refractivity contribution in [3.8, 4) is 11.8 Å². The Bertz CT molecular complexity index is 323. The second-order valence-electron chi connectivity index (χ2n) is 3.22. The summed E-state index contributed by atoms with van der Waals surface area (Å²) in [6, 6.07) is 0.169. The second kappa shape index (κ2) is 3.08. The van der Waals surface area contributed by atoms with E-state index in [9.17, 15) is 8.42 Å². The quantitative estimate of drug-likeness (QED) is 0.531. The van der Waals surface area contributed by atoms with Crippen LogP contribution >= 0.6 is 0 Å². The van der Waals surface area contributed by atoms with Crippen molar-refractivity contribution < 1.29 is 8.42 Å². The van der Waals surface area contributed by atoms with Gasteiger partial charge in [-0.15, -0.1) is 0 Å². The molecule has 0 aliphatic carbocycles. The molecule has 0 N–H and O–H groups in total. The van der Waals surface area contributed by atoms with Crippen molar-refractivity contribution in [2.24, 2.45) is 0 Å². The Morgan fingerprint density at radius 3 is 2.42 bits per heavy atom. The Morgan fingerprint density at radius 2 is 2.00 bits per heavy atom. The summed E-state index contributed by atoms with van der Waals surface area (Å²) >= 11 is 0. The van der Waals surface area contributed by atoms with Crippen LogP contribution in [-0.4, -0.2) is 44.5 Å². The van der Waals surface area contributed by atoms with Crippen LogP contribution in [0.5, 0.6) is 0 Å². The minimum Gasteiger partial charge on any atom is -0.291 e. The highest BCUT2D eigenvalue weighted by molar-refractivity contribution is 7.91. The van der Waals surface area contributed by atoms with Crippen LogP contribution in [0.4, 0.5) is 0 Å². The SMILES string of the molecule is C[C@@H]1C#CC(S(C)(=O)=O)CN1C. The predicted molar refractivity (Wildman–Crippen MR) is 48.5 cm³/mol. The van der Waals surface area contributed by atoms with Gasteiger partial charge in [0, 0.05) is 12.8 Å².